The molecule has 3 heterocycles. The van der Waals surface area contributed by atoms with E-state index in [-0.39, 0.29) is 18.0 Å². The average molecular weight is 355 g/mol. The Morgan fingerprint density at radius 3 is 2.84 bits per heavy atom. The third kappa shape index (κ3) is 2.91. The molecule has 25 heavy (non-hydrogen) atoms. The highest BCUT2D eigenvalue weighted by atomic mass is 32.1. The number of anilines is 1. The maximum Gasteiger partial charge on any atom is 0.322 e. The van der Waals surface area contributed by atoms with Gasteiger partial charge >= 0.3 is 6.03 Å². The van der Waals surface area contributed by atoms with E-state index in [0.717, 1.165) is 30.6 Å². The number of nitrogens with one attached hydrogen (secondary N) is 1. The second-order valence-electron chi connectivity index (χ2n) is 6.56. The van der Waals surface area contributed by atoms with Gasteiger partial charge in [0.15, 0.2) is 0 Å². The molecule has 0 spiro atoms. The summed E-state index contributed by atoms with van der Waals surface area (Å²) in [6, 6.07) is 9.93. The molecular weight excluding hydrogens is 334 g/mol. The minimum absolute atomic E-state index is 0.0699. The Morgan fingerprint density at radius 1 is 1.28 bits per heavy atom. The molecule has 2 aromatic rings. The van der Waals surface area contributed by atoms with Crippen LogP contribution in [0.4, 0.5) is 10.5 Å². The van der Waals surface area contributed by atoms with Gasteiger partial charge in [-0.15, -0.1) is 11.3 Å². The van der Waals surface area contributed by atoms with E-state index in [1.807, 2.05) is 36.1 Å². The largest absolute Gasteiger partial charge is 0.336 e. The van der Waals surface area contributed by atoms with Crippen molar-refractivity contribution in [3.8, 4) is 0 Å². The van der Waals surface area contributed by atoms with Crippen molar-refractivity contribution in [1.82, 2.24) is 10.2 Å². The van der Waals surface area contributed by atoms with E-state index in [2.05, 4.69) is 16.8 Å². The Labute approximate surface area is 151 Å². The Bertz CT molecular complexity index is 803. The van der Waals surface area contributed by atoms with Gasteiger partial charge in [0, 0.05) is 35.8 Å². The van der Waals surface area contributed by atoms with E-state index >= 15 is 0 Å². The number of rotatable bonds is 3. The number of likely N-dealkylation sites (tertiary alicyclic amines) is 1. The molecule has 1 atom stereocenters. The molecule has 130 valence electrons. The van der Waals surface area contributed by atoms with Crippen LogP contribution >= 0.6 is 11.3 Å². The first-order chi connectivity index (χ1) is 12.1. The highest BCUT2D eigenvalue weighted by molar-refractivity contribution is 7.10. The highest BCUT2D eigenvalue weighted by Gasteiger charge is 2.31. The second kappa shape index (κ2) is 6.52. The molecule has 2 aliphatic heterocycles. The number of hydrogen-bond donors (Lipinski definition) is 1. The monoisotopic (exact) mass is 355 g/mol. The van der Waals surface area contributed by atoms with Crippen molar-refractivity contribution < 1.29 is 9.59 Å². The highest BCUT2D eigenvalue weighted by Crippen LogP contribution is 2.36. The molecule has 0 radical (unpaired) electrons. The number of aryl methyl sites for hydroxylation is 1. The van der Waals surface area contributed by atoms with Gasteiger partial charge in [-0.1, -0.05) is 6.07 Å². The van der Waals surface area contributed by atoms with E-state index in [1.165, 1.54) is 4.88 Å². The van der Waals surface area contributed by atoms with E-state index in [4.69, 9.17) is 0 Å². The summed E-state index contributed by atoms with van der Waals surface area (Å²) < 4.78 is 0. The van der Waals surface area contributed by atoms with Crippen molar-refractivity contribution in [2.24, 2.45) is 0 Å². The molecule has 4 rings (SSSR count). The van der Waals surface area contributed by atoms with Gasteiger partial charge in [-0.25, -0.2) is 4.79 Å². The van der Waals surface area contributed by atoms with Crippen molar-refractivity contribution in [3.05, 3.63) is 51.7 Å². The van der Waals surface area contributed by atoms with Crippen molar-refractivity contribution in [2.45, 2.75) is 25.8 Å². The fourth-order valence-electron chi connectivity index (χ4n) is 3.75. The molecule has 5 nitrogen and oxygen atoms in total. The Hall–Kier alpha value is -2.34. The number of carbonyl (C=O) groups excluding carboxylic acids is 2. The van der Waals surface area contributed by atoms with Crippen LogP contribution in [0, 0.1) is 6.92 Å². The molecule has 1 N–H and O–H groups in total. The van der Waals surface area contributed by atoms with Crippen LogP contribution in [-0.2, 0) is 0 Å². The minimum atomic E-state index is -0.0699. The lowest BCUT2D eigenvalue weighted by atomic mass is 10.1. The molecule has 6 heteroatoms. The lowest BCUT2D eigenvalue weighted by Crippen LogP contribution is -2.31. The van der Waals surface area contributed by atoms with Crippen LogP contribution in [0.3, 0.4) is 0 Å². The number of urea groups is 1. The van der Waals surface area contributed by atoms with E-state index in [9.17, 15) is 9.59 Å². The van der Waals surface area contributed by atoms with Gasteiger partial charge in [-0.05, 0) is 55.0 Å². The predicted octanol–water partition coefficient (Wildman–Crippen LogP) is 3.56. The van der Waals surface area contributed by atoms with E-state index < -0.39 is 0 Å². The number of carbonyl (C=O) groups is 2. The quantitative estimate of drug-likeness (QED) is 0.915. The standard InChI is InChI=1S/C19H21N3O2S/c1-13-12-14(6-7-15(13)22-10-8-20-19(22)24)18(23)21-9-2-4-16(21)17-5-3-11-25-17/h3,5-7,11-12,16H,2,4,8-10H2,1H3,(H,20,24). The molecule has 0 aliphatic carbocycles. The van der Waals surface area contributed by atoms with Gasteiger partial charge in [0.25, 0.3) is 5.91 Å². The Morgan fingerprint density at radius 2 is 2.16 bits per heavy atom. The summed E-state index contributed by atoms with van der Waals surface area (Å²) >= 11 is 1.71. The van der Waals surface area contributed by atoms with Gasteiger partial charge in [0.05, 0.1) is 6.04 Å². The predicted molar refractivity (Wildman–Crippen MR) is 99.3 cm³/mol. The number of thiophene rings is 1. The van der Waals surface area contributed by atoms with Crippen LogP contribution in [0.25, 0.3) is 0 Å². The fraction of sp³-hybridized carbons (Fsp3) is 0.368. The van der Waals surface area contributed by atoms with Crippen LogP contribution in [0.5, 0.6) is 0 Å². The molecule has 1 unspecified atom stereocenters. The van der Waals surface area contributed by atoms with Gasteiger partial charge in [0.1, 0.15) is 0 Å². The third-order valence-electron chi connectivity index (χ3n) is 4.98. The summed E-state index contributed by atoms with van der Waals surface area (Å²) in [6.45, 7) is 4.09. The number of hydrogen-bond acceptors (Lipinski definition) is 3. The molecule has 2 saturated heterocycles. The maximum absolute atomic E-state index is 13.0. The molecule has 2 fully saturated rings. The van der Waals surface area contributed by atoms with Gasteiger partial charge < -0.3 is 10.2 Å². The second-order valence-corrected chi connectivity index (χ2v) is 7.54. The van der Waals surface area contributed by atoms with Crippen LogP contribution in [0.2, 0.25) is 0 Å². The lowest BCUT2D eigenvalue weighted by molar-refractivity contribution is 0.0738. The zero-order chi connectivity index (χ0) is 17.4. The topological polar surface area (TPSA) is 52.7 Å². The third-order valence-corrected chi connectivity index (χ3v) is 5.95. The number of nitrogens with zero attached hydrogens (tertiary/aromatic N) is 2. The summed E-state index contributed by atoms with van der Waals surface area (Å²) in [5.74, 6) is 0.0800. The molecular formula is C19H21N3O2S. The summed E-state index contributed by atoms with van der Waals surface area (Å²) in [6.07, 6.45) is 2.07. The first kappa shape index (κ1) is 16.1. The van der Waals surface area contributed by atoms with Crippen LogP contribution in [-0.4, -0.2) is 36.5 Å². The summed E-state index contributed by atoms with van der Waals surface area (Å²) in [7, 11) is 0. The van der Waals surface area contributed by atoms with Crippen molar-refractivity contribution in [3.63, 3.8) is 0 Å². The van der Waals surface area contributed by atoms with E-state index in [1.54, 1.807) is 16.2 Å². The van der Waals surface area contributed by atoms with Gasteiger partial charge in [0.2, 0.25) is 0 Å². The van der Waals surface area contributed by atoms with Crippen LogP contribution < -0.4 is 10.2 Å². The van der Waals surface area contributed by atoms with Gasteiger partial charge in [-0.2, -0.15) is 0 Å². The zero-order valence-corrected chi connectivity index (χ0v) is 15.0. The average Bonchev–Trinajstić information content (AvgIpc) is 3.35. The molecule has 1 aromatic carbocycles. The first-order valence-electron chi connectivity index (χ1n) is 8.65. The lowest BCUT2D eigenvalue weighted by Gasteiger charge is -2.25. The molecule has 1 aromatic heterocycles. The molecule has 3 amide bonds. The van der Waals surface area contributed by atoms with Crippen LogP contribution in [0.1, 0.15) is 39.7 Å². The molecule has 0 bridgehead atoms. The SMILES string of the molecule is Cc1cc(C(=O)N2CCCC2c2cccs2)ccc1N1CCNC1=O. The van der Waals surface area contributed by atoms with Crippen molar-refractivity contribution >= 4 is 29.0 Å². The zero-order valence-electron chi connectivity index (χ0n) is 14.2. The van der Waals surface area contributed by atoms with Crippen molar-refractivity contribution in [1.29, 1.82) is 0 Å². The summed E-state index contributed by atoms with van der Waals surface area (Å²) in [5.41, 5.74) is 2.53. The van der Waals surface area contributed by atoms with Crippen molar-refractivity contribution in [2.75, 3.05) is 24.5 Å². The minimum Gasteiger partial charge on any atom is -0.336 e. The van der Waals surface area contributed by atoms with Crippen LogP contribution in [0.15, 0.2) is 35.7 Å². The fourth-order valence-corrected chi connectivity index (χ4v) is 4.62. The number of amides is 3. The van der Waals surface area contributed by atoms with E-state index in [0.29, 0.717) is 18.7 Å². The molecule has 0 saturated carbocycles. The smallest absolute Gasteiger partial charge is 0.322 e. The normalized spacial score (nSPS) is 20.2. The number of benzene rings is 1. The Balaban J connectivity index is 1.58. The summed E-state index contributed by atoms with van der Waals surface area (Å²) in [5, 5.41) is 4.88. The summed E-state index contributed by atoms with van der Waals surface area (Å²) in [4.78, 5) is 29.9. The Kier molecular flexibility index (Phi) is 4.21. The van der Waals surface area contributed by atoms with Gasteiger partial charge in [-0.3, -0.25) is 9.69 Å². The molecule has 2 aliphatic rings. The first-order valence-corrected chi connectivity index (χ1v) is 9.53. The maximum atomic E-state index is 13.0.